The number of benzene rings is 1. The van der Waals surface area contributed by atoms with Crippen molar-refractivity contribution in [2.75, 3.05) is 19.7 Å². The number of hydrogen-bond donors (Lipinski definition) is 0. The largest absolute Gasteiger partial charge is 0.464 e. The number of hydrogen-bond acceptors (Lipinski definition) is 7. The lowest BCUT2D eigenvalue weighted by Gasteiger charge is -2.38. The van der Waals surface area contributed by atoms with Gasteiger partial charge in [0.15, 0.2) is 22.2 Å². The Labute approximate surface area is 159 Å². The van der Waals surface area contributed by atoms with Crippen LogP contribution in [0.15, 0.2) is 45.0 Å². The average molecular weight is 392 g/mol. The van der Waals surface area contributed by atoms with E-state index in [9.17, 15) is 13.2 Å². The van der Waals surface area contributed by atoms with Crippen LogP contribution in [0, 0.1) is 0 Å². The fourth-order valence-electron chi connectivity index (χ4n) is 3.88. The molecule has 1 unspecified atom stereocenters. The van der Waals surface area contributed by atoms with E-state index >= 15 is 0 Å². The molecular weight excluding hydrogens is 368 g/mol. The van der Waals surface area contributed by atoms with E-state index in [1.807, 2.05) is 36.9 Å². The Balaban J connectivity index is 2.30. The molecule has 8 nitrogen and oxygen atoms in total. The molecule has 0 aliphatic carbocycles. The number of carbonyl (C=O) groups is 1. The van der Waals surface area contributed by atoms with E-state index in [4.69, 9.17) is 4.74 Å². The summed E-state index contributed by atoms with van der Waals surface area (Å²) in [5, 5.41) is 8.54. The molecule has 0 bridgehead atoms. The maximum absolute atomic E-state index is 13.3. The van der Waals surface area contributed by atoms with Gasteiger partial charge >= 0.3 is 5.97 Å². The fourth-order valence-corrected chi connectivity index (χ4v) is 5.59. The third kappa shape index (κ3) is 2.44. The van der Waals surface area contributed by atoms with E-state index in [1.54, 1.807) is 19.1 Å². The second kappa shape index (κ2) is 6.70. The molecule has 9 heteroatoms. The fraction of sp³-hybridized carbons (Fsp3) is 0.556. The number of ether oxygens (including phenoxy) is 1. The van der Waals surface area contributed by atoms with Gasteiger partial charge in [-0.05, 0) is 33.3 Å². The van der Waals surface area contributed by atoms with Crippen LogP contribution in [0.4, 0.5) is 0 Å². The Morgan fingerprint density at radius 3 is 2.37 bits per heavy atom. The standard InChI is InChI=1S/C18H24N4O4S/c1-5-22(6-2)16-18(13-11-9-8-10-12-13)17(4,27(24,25)20-16)14(19-21-18)15(23)26-7-3/h8-12,14H,5-7H2,1-4H3/t14?,17-,18-/m0/s1. The molecule has 0 saturated heterocycles. The van der Waals surface area contributed by atoms with Crippen LogP contribution in [0.1, 0.15) is 33.3 Å². The summed E-state index contributed by atoms with van der Waals surface area (Å²) in [7, 11) is -4.10. The normalized spacial score (nSPS) is 30.7. The molecule has 1 aromatic carbocycles. The summed E-state index contributed by atoms with van der Waals surface area (Å²) in [6, 6.07) is 7.77. The minimum Gasteiger partial charge on any atom is -0.464 e. The maximum atomic E-state index is 13.3. The number of sulfonamides is 1. The minimum atomic E-state index is -4.10. The van der Waals surface area contributed by atoms with Crippen molar-refractivity contribution in [3.63, 3.8) is 0 Å². The van der Waals surface area contributed by atoms with Crippen molar-refractivity contribution >= 4 is 21.8 Å². The average Bonchev–Trinajstić information content (AvgIpc) is 3.06. The topological polar surface area (TPSA) is 101 Å². The van der Waals surface area contributed by atoms with Gasteiger partial charge in [-0.1, -0.05) is 30.3 Å². The van der Waals surface area contributed by atoms with Gasteiger partial charge in [0.2, 0.25) is 0 Å². The van der Waals surface area contributed by atoms with Crippen molar-refractivity contribution in [2.24, 2.45) is 14.6 Å². The lowest BCUT2D eigenvalue weighted by atomic mass is 9.75. The molecule has 0 spiro atoms. The Morgan fingerprint density at radius 1 is 1.19 bits per heavy atom. The van der Waals surface area contributed by atoms with Crippen LogP contribution in [0.25, 0.3) is 0 Å². The molecule has 3 rings (SSSR count). The lowest BCUT2D eigenvalue weighted by Crippen LogP contribution is -2.60. The van der Waals surface area contributed by atoms with Crippen molar-refractivity contribution in [1.29, 1.82) is 0 Å². The second-order valence-electron chi connectivity index (χ2n) is 6.62. The van der Waals surface area contributed by atoms with Crippen LogP contribution < -0.4 is 0 Å². The molecule has 146 valence electrons. The van der Waals surface area contributed by atoms with Gasteiger partial charge < -0.3 is 9.64 Å². The first-order valence-corrected chi connectivity index (χ1v) is 10.5. The van der Waals surface area contributed by atoms with Crippen LogP contribution in [0.5, 0.6) is 0 Å². The first kappa shape index (κ1) is 19.5. The zero-order valence-electron chi connectivity index (χ0n) is 15.9. The highest BCUT2D eigenvalue weighted by Crippen LogP contribution is 2.56. The number of likely N-dealkylation sites (N-methyl/N-ethyl adjacent to an activating group) is 1. The zero-order valence-corrected chi connectivity index (χ0v) is 16.7. The number of nitrogens with zero attached hydrogens (tertiary/aromatic N) is 4. The molecule has 2 heterocycles. The molecule has 3 atom stereocenters. The van der Waals surface area contributed by atoms with E-state index in [2.05, 4.69) is 14.6 Å². The van der Waals surface area contributed by atoms with Crippen LogP contribution in [0.2, 0.25) is 0 Å². The van der Waals surface area contributed by atoms with Crippen molar-refractivity contribution in [3.05, 3.63) is 35.9 Å². The third-order valence-corrected chi connectivity index (χ3v) is 7.40. The second-order valence-corrected chi connectivity index (χ2v) is 8.60. The number of fused-ring (bicyclic) bond motifs is 1. The highest BCUT2D eigenvalue weighted by atomic mass is 32.2. The molecule has 0 saturated carbocycles. The Kier molecular flexibility index (Phi) is 4.83. The van der Waals surface area contributed by atoms with E-state index in [-0.39, 0.29) is 6.61 Å². The molecule has 0 amide bonds. The summed E-state index contributed by atoms with van der Waals surface area (Å²) >= 11 is 0. The van der Waals surface area contributed by atoms with Gasteiger partial charge in [-0.3, -0.25) is 0 Å². The van der Waals surface area contributed by atoms with Gasteiger partial charge in [0.25, 0.3) is 10.0 Å². The molecule has 0 radical (unpaired) electrons. The number of carbonyl (C=O) groups excluding carboxylic acids is 1. The van der Waals surface area contributed by atoms with Crippen molar-refractivity contribution in [1.82, 2.24) is 4.90 Å². The summed E-state index contributed by atoms with van der Waals surface area (Å²) in [4.78, 5) is 14.4. The number of amidine groups is 1. The first-order chi connectivity index (χ1) is 12.8. The van der Waals surface area contributed by atoms with E-state index in [1.165, 1.54) is 6.92 Å². The molecular formula is C18H24N4O4S. The summed E-state index contributed by atoms with van der Waals surface area (Å²) < 4.78 is 34.1. The predicted molar refractivity (Wildman–Crippen MR) is 101 cm³/mol. The predicted octanol–water partition coefficient (Wildman–Crippen LogP) is 2.12. The van der Waals surface area contributed by atoms with Gasteiger partial charge in [0.1, 0.15) is 0 Å². The first-order valence-electron chi connectivity index (χ1n) is 9.04. The minimum absolute atomic E-state index is 0.128. The molecule has 27 heavy (non-hydrogen) atoms. The van der Waals surface area contributed by atoms with Gasteiger partial charge in [-0.2, -0.15) is 10.2 Å². The highest BCUT2D eigenvalue weighted by molar-refractivity contribution is 7.92. The van der Waals surface area contributed by atoms with Crippen molar-refractivity contribution < 1.29 is 17.9 Å². The number of azo groups is 1. The van der Waals surface area contributed by atoms with Gasteiger partial charge in [0.05, 0.1) is 6.61 Å². The Morgan fingerprint density at radius 2 is 1.81 bits per heavy atom. The van der Waals surface area contributed by atoms with Crippen LogP contribution in [-0.4, -0.2) is 55.6 Å². The van der Waals surface area contributed by atoms with Crippen molar-refractivity contribution in [2.45, 2.75) is 44.0 Å². The zero-order chi connectivity index (χ0) is 19.9. The summed E-state index contributed by atoms with van der Waals surface area (Å²) in [6.07, 6.45) is 0. The quantitative estimate of drug-likeness (QED) is 0.715. The van der Waals surface area contributed by atoms with Crippen LogP contribution >= 0.6 is 0 Å². The maximum Gasteiger partial charge on any atom is 0.334 e. The molecule has 0 aromatic heterocycles. The third-order valence-electron chi connectivity index (χ3n) is 5.39. The molecule has 0 N–H and O–H groups in total. The molecule has 0 fully saturated rings. The number of rotatable bonds is 5. The SMILES string of the molecule is CCOC(=O)C1N=N[C@@]2(c3ccccc3)C(N(CC)CC)=NS(=O)(=O)[C@@]12C. The number of esters is 1. The molecule has 2 aliphatic heterocycles. The van der Waals surface area contributed by atoms with Gasteiger partial charge in [0, 0.05) is 13.1 Å². The molecule has 1 aromatic rings. The lowest BCUT2D eigenvalue weighted by molar-refractivity contribution is -0.145. The molecule has 2 aliphatic rings. The summed E-state index contributed by atoms with van der Waals surface area (Å²) in [5.41, 5.74) is -0.758. The van der Waals surface area contributed by atoms with E-state index < -0.39 is 32.3 Å². The van der Waals surface area contributed by atoms with Crippen LogP contribution in [-0.2, 0) is 25.1 Å². The van der Waals surface area contributed by atoms with E-state index in [0.717, 1.165) is 0 Å². The van der Waals surface area contributed by atoms with E-state index in [0.29, 0.717) is 24.5 Å². The Hall–Kier alpha value is -2.29. The monoisotopic (exact) mass is 392 g/mol. The van der Waals surface area contributed by atoms with Gasteiger partial charge in [-0.15, -0.1) is 4.40 Å². The van der Waals surface area contributed by atoms with Crippen molar-refractivity contribution in [3.8, 4) is 0 Å². The summed E-state index contributed by atoms with van der Waals surface area (Å²) in [5.74, 6) is -0.405. The van der Waals surface area contributed by atoms with Crippen LogP contribution in [0.3, 0.4) is 0 Å². The summed E-state index contributed by atoms with van der Waals surface area (Å²) in [6.45, 7) is 8.23. The smallest absolute Gasteiger partial charge is 0.334 e. The Bertz CT molecular complexity index is 895. The highest BCUT2D eigenvalue weighted by Gasteiger charge is 2.75. The van der Waals surface area contributed by atoms with Gasteiger partial charge in [-0.25, -0.2) is 13.2 Å².